The number of pyridine rings is 1. The third-order valence-corrected chi connectivity index (χ3v) is 1.99. The third-order valence-electron chi connectivity index (χ3n) is 1.99. The molecule has 0 aliphatic carbocycles. The van der Waals surface area contributed by atoms with Gasteiger partial charge in [0.05, 0.1) is 19.6 Å². The molecule has 1 unspecified atom stereocenters. The molecular formula is C9H12F3N3O. The van der Waals surface area contributed by atoms with E-state index in [9.17, 15) is 13.2 Å². The number of alkyl halides is 3. The maximum atomic E-state index is 12.2. The SMILES string of the molecule is COc1cccnc1C(CC(F)(F)F)NN. The first-order chi connectivity index (χ1) is 7.48. The highest BCUT2D eigenvalue weighted by Gasteiger charge is 2.33. The number of hydrogen-bond donors (Lipinski definition) is 2. The summed E-state index contributed by atoms with van der Waals surface area (Å²) in [5, 5.41) is 0. The summed E-state index contributed by atoms with van der Waals surface area (Å²) in [5.74, 6) is 5.36. The van der Waals surface area contributed by atoms with Crippen molar-refractivity contribution in [1.29, 1.82) is 0 Å². The van der Waals surface area contributed by atoms with Gasteiger partial charge in [0.25, 0.3) is 0 Å². The molecule has 1 heterocycles. The zero-order valence-corrected chi connectivity index (χ0v) is 8.58. The molecule has 1 aromatic rings. The Morgan fingerprint density at radius 1 is 1.56 bits per heavy atom. The number of aromatic nitrogens is 1. The van der Waals surface area contributed by atoms with Gasteiger partial charge in [-0.05, 0) is 12.1 Å². The summed E-state index contributed by atoms with van der Waals surface area (Å²) in [4.78, 5) is 3.84. The van der Waals surface area contributed by atoms with Crippen molar-refractivity contribution in [2.45, 2.75) is 18.6 Å². The molecular weight excluding hydrogens is 223 g/mol. The van der Waals surface area contributed by atoms with E-state index in [-0.39, 0.29) is 11.4 Å². The zero-order chi connectivity index (χ0) is 12.2. The number of nitrogens with two attached hydrogens (primary N) is 1. The highest BCUT2D eigenvalue weighted by molar-refractivity contribution is 5.29. The van der Waals surface area contributed by atoms with Crippen molar-refractivity contribution in [2.24, 2.45) is 5.84 Å². The fourth-order valence-corrected chi connectivity index (χ4v) is 1.30. The van der Waals surface area contributed by atoms with Crippen LogP contribution in [0.4, 0.5) is 13.2 Å². The minimum Gasteiger partial charge on any atom is -0.495 e. The lowest BCUT2D eigenvalue weighted by Crippen LogP contribution is -2.32. The molecule has 0 bridgehead atoms. The Hall–Kier alpha value is -1.34. The lowest BCUT2D eigenvalue weighted by Gasteiger charge is -2.19. The van der Waals surface area contributed by atoms with E-state index in [2.05, 4.69) is 10.4 Å². The molecule has 0 aliphatic rings. The smallest absolute Gasteiger partial charge is 0.391 e. The predicted molar refractivity (Wildman–Crippen MR) is 51.5 cm³/mol. The molecule has 0 spiro atoms. The minimum absolute atomic E-state index is 0.143. The highest BCUT2D eigenvalue weighted by atomic mass is 19.4. The second kappa shape index (κ2) is 5.13. The van der Waals surface area contributed by atoms with E-state index in [0.717, 1.165) is 0 Å². The first-order valence-electron chi connectivity index (χ1n) is 4.49. The van der Waals surface area contributed by atoms with Crippen LogP contribution in [0.3, 0.4) is 0 Å². The van der Waals surface area contributed by atoms with E-state index >= 15 is 0 Å². The largest absolute Gasteiger partial charge is 0.495 e. The van der Waals surface area contributed by atoms with E-state index in [1.54, 1.807) is 6.07 Å². The minimum atomic E-state index is -4.32. The van der Waals surface area contributed by atoms with Crippen molar-refractivity contribution in [3.05, 3.63) is 24.0 Å². The molecule has 7 heteroatoms. The Kier molecular flexibility index (Phi) is 4.08. The first-order valence-corrected chi connectivity index (χ1v) is 4.49. The lowest BCUT2D eigenvalue weighted by molar-refractivity contribution is -0.140. The molecule has 0 fully saturated rings. The molecule has 1 atom stereocenters. The van der Waals surface area contributed by atoms with Crippen molar-refractivity contribution in [1.82, 2.24) is 10.4 Å². The van der Waals surface area contributed by atoms with E-state index in [1.807, 2.05) is 0 Å². The summed E-state index contributed by atoms with van der Waals surface area (Å²) in [5.41, 5.74) is 2.23. The van der Waals surface area contributed by atoms with Gasteiger partial charge in [-0.15, -0.1) is 0 Å². The van der Waals surface area contributed by atoms with Gasteiger partial charge in [0, 0.05) is 6.20 Å². The molecule has 3 N–H and O–H groups in total. The topological polar surface area (TPSA) is 60.2 Å². The van der Waals surface area contributed by atoms with Crippen LogP contribution in [-0.2, 0) is 0 Å². The molecule has 4 nitrogen and oxygen atoms in total. The zero-order valence-electron chi connectivity index (χ0n) is 8.58. The predicted octanol–water partition coefficient (Wildman–Crippen LogP) is 1.55. The molecule has 1 rings (SSSR count). The average Bonchev–Trinajstić information content (AvgIpc) is 2.24. The molecule has 0 saturated heterocycles. The molecule has 0 aliphatic heterocycles. The van der Waals surface area contributed by atoms with Crippen LogP contribution in [-0.4, -0.2) is 18.3 Å². The second-order valence-corrected chi connectivity index (χ2v) is 3.13. The van der Waals surface area contributed by atoms with Gasteiger partial charge in [0.15, 0.2) is 0 Å². The number of hydrogen-bond acceptors (Lipinski definition) is 4. The Morgan fingerprint density at radius 3 is 2.75 bits per heavy atom. The fourth-order valence-electron chi connectivity index (χ4n) is 1.30. The van der Waals surface area contributed by atoms with Gasteiger partial charge in [-0.3, -0.25) is 16.3 Å². The Labute approximate surface area is 90.6 Å². The summed E-state index contributed by atoms with van der Waals surface area (Å²) in [6, 6.07) is 1.99. The molecule has 0 saturated carbocycles. The third kappa shape index (κ3) is 3.35. The van der Waals surface area contributed by atoms with Gasteiger partial charge in [-0.25, -0.2) is 0 Å². The Morgan fingerprint density at radius 2 is 2.25 bits per heavy atom. The van der Waals surface area contributed by atoms with Gasteiger partial charge < -0.3 is 4.74 Å². The number of nitrogens with zero attached hydrogens (tertiary/aromatic N) is 1. The summed E-state index contributed by atoms with van der Waals surface area (Å²) in [6.07, 6.45) is -4.03. The molecule has 0 aromatic carbocycles. The van der Waals surface area contributed by atoms with E-state index in [4.69, 9.17) is 10.6 Å². The maximum Gasteiger partial charge on any atom is 0.391 e. The van der Waals surface area contributed by atoms with Gasteiger partial charge >= 0.3 is 6.18 Å². The fraction of sp³-hybridized carbons (Fsp3) is 0.444. The Bertz CT molecular complexity index is 343. The highest BCUT2D eigenvalue weighted by Crippen LogP contribution is 2.31. The van der Waals surface area contributed by atoms with Crippen LogP contribution in [0.25, 0.3) is 0 Å². The number of rotatable bonds is 4. The van der Waals surface area contributed by atoms with Crippen LogP contribution in [0, 0.1) is 0 Å². The number of nitrogens with one attached hydrogen (secondary N) is 1. The average molecular weight is 235 g/mol. The quantitative estimate of drug-likeness (QED) is 0.614. The molecule has 90 valence electrons. The van der Waals surface area contributed by atoms with Crippen molar-refractivity contribution in [3.63, 3.8) is 0 Å². The lowest BCUT2D eigenvalue weighted by atomic mass is 10.1. The maximum absolute atomic E-state index is 12.2. The Balaban J connectivity index is 2.94. The monoisotopic (exact) mass is 235 g/mol. The molecule has 1 aromatic heterocycles. The summed E-state index contributed by atoms with van der Waals surface area (Å²) < 4.78 is 41.7. The van der Waals surface area contributed by atoms with Crippen molar-refractivity contribution >= 4 is 0 Å². The van der Waals surface area contributed by atoms with Crippen LogP contribution in [0.1, 0.15) is 18.2 Å². The van der Waals surface area contributed by atoms with E-state index < -0.39 is 18.6 Å². The summed E-state index contributed by atoms with van der Waals surface area (Å²) in [7, 11) is 1.36. The number of hydrazine groups is 1. The number of ether oxygens (including phenoxy) is 1. The molecule has 16 heavy (non-hydrogen) atoms. The van der Waals surface area contributed by atoms with Crippen molar-refractivity contribution in [3.8, 4) is 5.75 Å². The van der Waals surface area contributed by atoms with Crippen LogP contribution in [0.5, 0.6) is 5.75 Å². The molecule has 0 amide bonds. The van der Waals surface area contributed by atoms with Crippen LogP contribution >= 0.6 is 0 Å². The standard InChI is InChI=1S/C9H12F3N3O/c1-16-7-3-2-4-14-8(7)6(15-13)5-9(10,11)12/h2-4,6,15H,5,13H2,1H3. The van der Waals surface area contributed by atoms with Gasteiger partial charge in [0.2, 0.25) is 0 Å². The van der Waals surface area contributed by atoms with Crippen LogP contribution < -0.4 is 16.0 Å². The number of methoxy groups -OCH3 is 1. The summed E-state index contributed by atoms with van der Waals surface area (Å²) >= 11 is 0. The number of halogens is 3. The van der Waals surface area contributed by atoms with Crippen LogP contribution in [0.2, 0.25) is 0 Å². The van der Waals surface area contributed by atoms with Gasteiger partial charge in [-0.1, -0.05) is 0 Å². The van der Waals surface area contributed by atoms with Crippen molar-refractivity contribution in [2.75, 3.05) is 7.11 Å². The van der Waals surface area contributed by atoms with Gasteiger partial charge in [-0.2, -0.15) is 13.2 Å². The first kappa shape index (κ1) is 12.7. The van der Waals surface area contributed by atoms with Gasteiger partial charge in [0.1, 0.15) is 11.4 Å². The molecule has 0 radical (unpaired) electrons. The second-order valence-electron chi connectivity index (χ2n) is 3.13. The summed E-state index contributed by atoms with van der Waals surface area (Å²) in [6.45, 7) is 0. The van der Waals surface area contributed by atoms with Crippen molar-refractivity contribution < 1.29 is 17.9 Å². The van der Waals surface area contributed by atoms with E-state index in [1.165, 1.54) is 19.4 Å². The van der Waals surface area contributed by atoms with E-state index in [0.29, 0.717) is 0 Å². The van der Waals surface area contributed by atoms with Crippen LogP contribution in [0.15, 0.2) is 18.3 Å². The normalized spacial score (nSPS) is 13.6.